The van der Waals surface area contributed by atoms with Gasteiger partial charge in [-0.05, 0) is 88.5 Å². The fourth-order valence-electron chi connectivity index (χ4n) is 6.93. The van der Waals surface area contributed by atoms with Gasteiger partial charge in [0.15, 0.2) is 0 Å². The van der Waals surface area contributed by atoms with E-state index >= 15 is 0 Å². The summed E-state index contributed by atoms with van der Waals surface area (Å²) in [5.41, 5.74) is 2.23. The maximum absolute atomic E-state index is 14.2. The van der Waals surface area contributed by atoms with Crippen LogP contribution in [0.1, 0.15) is 87.8 Å². The van der Waals surface area contributed by atoms with Crippen molar-refractivity contribution in [3.05, 3.63) is 35.4 Å². The highest BCUT2D eigenvalue weighted by atomic mass is 16.6. The summed E-state index contributed by atoms with van der Waals surface area (Å²) in [4.78, 5) is 56.4. The van der Waals surface area contributed by atoms with Crippen LogP contribution in [0.2, 0.25) is 0 Å². The highest BCUT2D eigenvalue weighted by Crippen LogP contribution is 2.45. The molecule has 0 spiro atoms. The van der Waals surface area contributed by atoms with Gasteiger partial charge in [-0.1, -0.05) is 25.0 Å². The van der Waals surface area contributed by atoms with E-state index in [2.05, 4.69) is 20.8 Å². The number of hydrogen-bond donors (Lipinski definition) is 3. The van der Waals surface area contributed by atoms with Gasteiger partial charge in [0.25, 0.3) is 0 Å². The standard InChI is InChI=1S/C32H42N6O6/c1-19-14-25-26(15-20(19)2)36-38(35-25)22-16-27-28(39)34-32(30(41)42)17-21(32)10-6-4-3-5-7-13-24(29(40)37(27)18-22)33-31(43)44-23-11-8-9-12-23/h6,10,14-15,21-24,27H,3-5,7-9,11-13,16-18H2,1-2H3,(H,33,43)(H,34,39)(H,41,42)/b10-6-/t21?,22-,24?,27?,32?/m1/s1. The molecule has 6 rings (SSSR count). The molecule has 3 amide bonds. The first-order valence-electron chi connectivity index (χ1n) is 16.0. The highest BCUT2D eigenvalue weighted by Gasteiger charge is 2.61. The molecule has 2 aromatic rings. The molecular formula is C32H42N6O6. The topological polar surface area (TPSA) is 156 Å². The number of carboxylic acid groups (broad SMARTS) is 1. The first-order chi connectivity index (χ1) is 21.1. The Bertz CT molecular complexity index is 1440. The lowest BCUT2D eigenvalue weighted by atomic mass is 10.0. The largest absolute Gasteiger partial charge is 0.479 e. The van der Waals surface area contributed by atoms with Crippen LogP contribution in [0.3, 0.4) is 0 Å². The van der Waals surface area contributed by atoms with Gasteiger partial charge in [0.05, 0.1) is 6.04 Å². The molecule has 2 aliphatic heterocycles. The predicted octanol–water partition coefficient (Wildman–Crippen LogP) is 3.71. The number of aromatic nitrogens is 3. The lowest BCUT2D eigenvalue weighted by Crippen LogP contribution is -2.56. The van der Waals surface area contributed by atoms with Crippen molar-refractivity contribution in [1.82, 2.24) is 30.5 Å². The zero-order chi connectivity index (χ0) is 31.0. The first-order valence-corrected chi connectivity index (χ1v) is 16.0. The highest BCUT2D eigenvalue weighted by molar-refractivity contribution is 5.96. The summed E-state index contributed by atoms with van der Waals surface area (Å²) in [5.74, 6) is -2.30. The van der Waals surface area contributed by atoms with Crippen molar-refractivity contribution < 1.29 is 29.0 Å². The second-order valence-corrected chi connectivity index (χ2v) is 13.0. The monoisotopic (exact) mass is 606 g/mol. The maximum Gasteiger partial charge on any atom is 0.408 e. The van der Waals surface area contributed by atoms with Gasteiger partial charge in [0, 0.05) is 18.9 Å². The minimum absolute atomic E-state index is 0.148. The average molecular weight is 607 g/mol. The molecule has 2 saturated carbocycles. The van der Waals surface area contributed by atoms with E-state index in [4.69, 9.17) is 4.74 Å². The van der Waals surface area contributed by atoms with Crippen molar-refractivity contribution in [3.63, 3.8) is 0 Å². The Kier molecular flexibility index (Phi) is 8.34. The third kappa shape index (κ3) is 6.03. The van der Waals surface area contributed by atoms with Crippen LogP contribution in [0.5, 0.6) is 0 Å². The van der Waals surface area contributed by atoms with Crippen LogP contribution in [0, 0.1) is 19.8 Å². The molecule has 3 fully saturated rings. The molecule has 5 atom stereocenters. The van der Waals surface area contributed by atoms with Gasteiger partial charge in [0.2, 0.25) is 11.8 Å². The second-order valence-electron chi connectivity index (χ2n) is 13.0. The number of carbonyl (C=O) groups excluding carboxylic acids is 3. The quantitative estimate of drug-likeness (QED) is 0.445. The Labute approximate surface area is 256 Å². The smallest absolute Gasteiger partial charge is 0.408 e. The molecular weight excluding hydrogens is 564 g/mol. The van der Waals surface area contributed by atoms with Crippen molar-refractivity contribution >= 4 is 34.9 Å². The van der Waals surface area contributed by atoms with E-state index < -0.39 is 41.6 Å². The Morgan fingerprint density at radius 3 is 2.39 bits per heavy atom. The molecule has 3 N–H and O–H groups in total. The van der Waals surface area contributed by atoms with Crippen molar-refractivity contribution in [2.75, 3.05) is 6.54 Å². The Morgan fingerprint density at radius 1 is 1.02 bits per heavy atom. The van der Waals surface area contributed by atoms with E-state index in [-0.39, 0.29) is 30.9 Å². The molecule has 0 radical (unpaired) electrons. The SMILES string of the molecule is Cc1cc2nn([C@@H]3CC4C(=O)NC5(C(=O)O)CC5/C=C\CCCCCC(NC(=O)OC5CCCC5)C(=O)N4C3)nc2cc1C. The Hall–Kier alpha value is -3.96. The predicted molar refractivity (Wildman–Crippen MR) is 161 cm³/mol. The second kappa shape index (κ2) is 12.2. The van der Waals surface area contributed by atoms with Crippen LogP contribution in [0.25, 0.3) is 11.0 Å². The van der Waals surface area contributed by atoms with Crippen LogP contribution in [0.4, 0.5) is 4.79 Å². The average Bonchev–Trinajstić information content (AvgIpc) is 3.39. The van der Waals surface area contributed by atoms with E-state index in [1.807, 2.05) is 38.1 Å². The molecule has 4 aliphatic rings. The fraction of sp³-hybridized carbons (Fsp3) is 0.625. The molecule has 1 aromatic heterocycles. The summed E-state index contributed by atoms with van der Waals surface area (Å²) in [6.07, 6.45) is 10.9. The molecule has 0 bridgehead atoms. The number of nitrogens with zero attached hydrogens (tertiary/aromatic N) is 4. The number of allylic oxidation sites excluding steroid dienone is 1. The summed E-state index contributed by atoms with van der Waals surface area (Å²) in [7, 11) is 0. The van der Waals surface area contributed by atoms with E-state index in [0.29, 0.717) is 19.3 Å². The number of fused-ring (bicyclic) bond motifs is 3. The number of hydrogen-bond acceptors (Lipinski definition) is 7. The zero-order valence-electron chi connectivity index (χ0n) is 25.5. The number of carbonyl (C=O) groups is 4. The van der Waals surface area contributed by atoms with Crippen LogP contribution >= 0.6 is 0 Å². The Morgan fingerprint density at radius 2 is 1.70 bits per heavy atom. The molecule has 4 unspecified atom stereocenters. The van der Waals surface area contributed by atoms with Gasteiger partial charge in [-0.2, -0.15) is 15.0 Å². The fourth-order valence-corrected chi connectivity index (χ4v) is 6.93. The molecule has 12 nitrogen and oxygen atoms in total. The summed E-state index contributed by atoms with van der Waals surface area (Å²) >= 11 is 0. The minimum atomic E-state index is -1.39. The molecule has 12 heteroatoms. The Balaban J connectivity index is 1.29. The van der Waals surface area contributed by atoms with Gasteiger partial charge in [0.1, 0.15) is 34.8 Å². The molecule has 1 saturated heterocycles. The molecule has 2 aliphatic carbocycles. The van der Waals surface area contributed by atoms with E-state index in [1.54, 1.807) is 4.80 Å². The number of ether oxygens (including phenoxy) is 1. The summed E-state index contributed by atoms with van der Waals surface area (Å²) in [6, 6.07) is 1.69. The maximum atomic E-state index is 14.2. The number of carboxylic acids is 1. The van der Waals surface area contributed by atoms with E-state index in [0.717, 1.165) is 67.1 Å². The van der Waals surface area contributed by atoms with Gasteiger partial charge in [-0.25, -0.2) is 9.59 Å². The van der Waals surface area contributed by atoms with Crippen molar-refractivity contribution in [2.24, 2.45) is 5.92 Å². The summed E-state index contributed by atoms with van der Waals surface area (Å²) in [5, 5.41) is 25.1. The number of aliphatic carboxylic acids is 1. The van der Waals surface area contributed by atoms with E-state index in [9.17, 15) is 24.3 Å². The lowest BCUT2D eigenvalue weighted by Gasteiger charge is -2.29. The normalized spacial score (nSPS) is 30.5. The van der Waals surface area contributed by atoms with Crippen LogP contribution in [-0.2, 0) is 19.1 Å². The van der Waals surface area contributed by atoms with Crippen molar-refractivity contribution in [1.29, 1.82) is 0 Å². The number of benzene rings is 1. The third-order valence-electron chi connectivity index (χ3n) is 9.84. The van der Waals surface area contributed by atoms with Gasteiger partial charge >= 0.3 is 12.1 Å². The zero-order valence-corrected chi connectivity index (χ0v) is 25.5. The van der Waals surface area contributed by atoms with Gasteiger partial charge < -0.3 is 25.4 Å². The third-order valence-corrected chi connectivity index (χ3v) is 9.84. The molecule has 3 heterocycles. The number of rotatable bonds is 4. The number of amides is 3. The van der Waals surface area contributed by atoms with E-state index in [1.165, 1.54) is 4.90 Å². The number of alkyl carbamates (subject to hydrolysis) is 1. The summed E-state index contributed by atoms with van der Waals surface area (Å²) in [6.45, 7) is 4.16. The molecule has 236 valence electrons. The number of nitrogens with one attached hydrogen (secondary N) is 2. The van der Waals surface area contributed by atoms with Crippen LogP contribution in [0.15, 0.2) is 24.3 Å². The van der Waals surface area contributed by atoms with Crippen molar-refractivity contribution in [2.45, 2.75) is 114 Å². The lowest BCUT2D eigenvalue weighted by molar-refractivity contribution is -0.145. The van der Waals surface area contributed by atoms with Crippen molar-refractivity contribution in [3.8, 4) is 0 Å². The van der Waals surface area contributed by atoms with Crippen LogP contribution in [-0.4, -0.2) is 79.1 Å². The van der Waals surface area contributed by atoms with Crippen LogP contribution < -0.4 is 10.6 Å². The van der Waals surface area contributed by atoms with Gasteiger partial charge in [-0.3, -0.25) is 9.59 Å². The van der Waals surface area contributed by atoms with Gasteiger partial charge in [-0.15, -0.1) is 0 Å². The minimum Gasteiger partial charge on any atom is -0.479 e. The molecule has 1 aromatic carbocycles. The summed E-state index contributed by atoms with van der Waals surface area (Å²) < 4.78 is 5.62. The first kappa shape index (κ1) is 30.1. The number of aryl methyl sites for hydroxylation is 2. The molecule has 44 heavy (non-hydrogen) atoms.